The van der Waals surface area contributed by atoms with Crippen LogP contribution in [0.5, 0.6) is 0 Å². The molecule has 0 heterocycles. The summed E-state index contributed by atoms with van der Waals surface area (Å²) < 4.78 is 0. The van der Waals surface area contributed by atoms with Gasteiger partial charge in [0.05, 0.1) is 0 Å². The fourth-order valence-electron chi connectivity index (χ4n) is 6.99. The molecule has 0 atom stereocenters. The first-order valence-electron chi connectivity index (χ1n) is 14.7. The third kappa shape index (κ3) is 3.84. The van der Waals surface area contributed by atoms with Crippen LogP contribution in [0.3, 0.4) is 0 Å². The summed E-state index contributed by atoms with van der Waals surface area (Å²) in [4.78, 5) is 0. The number of benzene rings is 8. The van der Waals surface area contributed by atoms with Gasteiger partial charge in [-0.25, -0.2) is 0 Å². The van der Waals surface area contributed by atoms with Gasteiger partial charge in [-0.15, -0.1) is 0 Å². The Morgan fingerprint density at radius 3 is 1.43 bits per heavy atom. The van der Waals surface area contributed by atoms with Gasteiger partial charge >= 0.3 is 0 Å². The number of aryl methyl sites for hydroxylation is 2. The SMILES string of the molecule is Cc1cc(-c2cccc3ccccc23)c2cccc(-c3c(C)cc(-c4cccc5ccccc45)c4ccccc34)c2c1. The zero-order chi connectivity index (χ0) is 28.2. The Kier molecular flexibility index (Phi) is 5.69. The predicted octanol–water partition coefficient (Wildman–Crippen LogP) is 11.9. The fourth-order valence-corrected chi connectivity index (χ4v) is 6.99. The van der Waals surface area contributed by atoms with Crippen LogP contribution in [0.2, 0.25) is 0 Å². The van der Waals surface area contributed by atoms with E-state index in [1.807, 2.05) is 0 Å². The van der Waals surface area contributed by atoms with Gasteiger partial charge in [0, 0.05) is 0 Å². The molecule has 0 saturated carbocycles. The van der Waals surface area contributed by atoms with E-state index in [9.17, 15) is 0 Å². The summed E-state index contributed by atoms with van der Waals surface area (Å²) in [6, 6.07) is 53.6. The second-order valence-corrected chi connectivity index (χ2v) is 11.4. The highest BCUT2D eigenvalue weighted by atomic mass is 14.2. The van der Waals surface area contributed by atoms with Crippen molar-refractivity contribution >= 4 is 43.1 Å². The third-order valence-electron chi connectivity index (χ3n) is 8.81. The fraction of sp³-hybridized carbons (Fsp3) is 0.0476. The molecule has 0 heteroatoms. The molecule has 0 saturated heterocycles. The average Bonchev–Trinajstić information content (AvgIpc) is 3.03. The number of hydrogen-bond donors (Lipinski definition) is 0. The molecule has 8 rings (SSSR count). The molecule has 0 amide bonds. The highest BCUT2D eigenvalue weighted by Crippen LogP contribution is 2.44. The summed E-state index contributed by atoms with van der Waals surface area (Å²) in [5.41, 5.74) is 10.3. The van der Waals surface area contributed by atoms with Gasteiger partial charge in [-0.05, 0) is 101 Å². The lowest BCUT2D eigenvalue weighted by atomic mass is 9.84. The van der Waals surface area contributed by atoms with Crippen molar-refractivity contribution in [2.75, 3.05) is 0 Å². The van der Waals surface area contributed by atoms with Crippen LogP contribution in [-0.4, -0.2) is 0 Å². The highest BCUT2D eigenvalue weighted by molar-refractivity contribution is 6.15. The second kappa shape index (κ2) is 9.72. The first-order chi connectivity index (χ1) is 20.7. The Bertz CT molecular complexity index is 2310. The van der Waals surface area contributed by atoms with E-state index in [1.54, 1.807) is 0 Å². The van der Waals surface area contributed by atoms with Gasteiger partial charge in [0.2, 0.25) is 0 Å². The first-order valence-corrected chi connectivity index (χ1v) is 14.7. The van der Waals surface area contributed by atoms with E-state index in [4.69, 9.17) is 0 Å². The minimum atomic E-state index is 1.27. The molecule has 0 nitrogen and oxygen atoms in total. The van der Waals surface area contributed by atoms with Crippen molar-refractivity contribution in [3.8, 4) is 33.4 Å². The molecule has 0 aliphatic heterocycles. The lowest BCUT2D eigenvalue weighted by Gasteiger charge is -2.19. The van der Waals surface area contributed by atoms with Crippen molar-refractivity contribution in [2.45, 2.75) is 13.8 Å². The molecule has 0 unspecified atom stereocenters. The molecule has 0 aromatic heterocycles. The highest BCUT2D eigenvalue weighted by Gasteiger charge is 2.18. The van der Waals surface area contributed by atoms with Gasteiger partial charge in [-0.1, -0.05) is 146 Å². The Morgan fingerprint density at radius 2 is 0.762 bits per heavy atom. The minimum absolute atomic E-state index is 1.27. The average molecular weight is 535 g/mol. The molecule has 42 heavy (non-hydrogen) atoms. The van der Waals surface area contributed by atoms with Gasteiger partial charge in [0.25, 0.3) is 0 Å². The van der Waals surface area contributed by atoms with Crippen molar-refractivity contribution in [3.63, 3.8) is 0 Å². The quantitative estimate of drug-likeness (QED) is 0.211. The van der Waals surface area contributed by atoms with Crippen LogP contribution in [0.15, 0.2) is 146 Å². The third-order valence-corrected chi connectivity index (χ3v) is 8.81. The van der Waals surface area contributed by atoms with Crippen molar-refractivity contribution in [1.82, 2.24) is 0 Å². The Morgan fingerprint density at radius 1 is 0.310 bits per heavy atom. The molecular formula is C42H30. The van der Waals surface area contributed by atoms with Crippen molar-refractivity contribution in [2.24, 2.45) is 0 Å². The standard InChI is InChI=1S/C42H30/c1-27-24-39(33-20-9-14-29-12-3-5-16-31(29)33)36-22-11-23-38(40(36)25-27)42-28(2)26-41(35-18-7-8-19-37(35)42)34-21-10-15-30-13-4-6-17-32(30)34/h3-26H,1-2H3. The smallest absolute Gasteiger partial charge is 0.00694 e. The summed E-state index contributed by atoms with van der Waals surface area (Å²) in [6.07, 6.45) is 0. The molecule has 8 aromatic carbocycles. The largest absolute Gasteiger partial charge is 0.0616 e. The Balaban J connectivity index is 1.42. The van der Waals surface area contributed by atoms with Crippen LogP contribution >= 0.6 is 0 Å². The van der Waals surface area contributed by atoms with Gasteiger partial charge in [-0.3, -0.25) is 0 Å². The van der Waals surface area contributed by atoms with Gasteiger partial charge in [-0.2, -0.15) is 0 Å². The molecular weight excluding hydrogens is 504 g/mol. The van der Waals surface area contributed by atoms with Gasteiger partial charge < -0.3 is 0 Å². The van der Waals surface area contributed by atoms with Crippen molar-refractivity contribution < 1.29 is 0 Å². The zero-order valence-corrected chi connectivity index (χ0v) is 23.9. The van der Waals surface area contributed by atoms with Crippen LogP contribution in [0, 0.1) is 13.8 Å². The topological polar surface area (TPSA) is 0 Å². The number of fused-ring (bicyclic) bond motifs is 4. The van der Waals surface area contributed by atoms with E-state index in [1.165, 1.54) is 87.6 Å². The molecule has 0 spiro atoms. The molecule has 0 aliphatic carbocycles. The van der Waals surface area contributed by atoms with Crippen LogP contribution in [-0.2, 0) is 0 Å². The van der Waals surface area contributed by atoms with Crippen LogP contribution in [0.4, 0.5) is 0 Å². The van der Waals surface area contributed by atoms with E-state index in [0.717, 1.165) is 0 Å². The van der Waals surface area contributed by atoms with Crippen LogP contribution < -0.4 is 0 Å². The molecule has 0 radical (unpaired) electrons. The Labute approximate surface area is 246 Å². The van der Waals surface area contributed by atoms with Crippen LogP contribution in [0.25, 0.3) is 76.5 Å². The van der Waals surface area contributed by atoms with Crippen molar-refractivity contribution in [1.29, 1.82) is 0 Å². The lowest BCUT2D eigenvalue weighted by molar-refractivity contribution is 1.48. The molecule has 0 bridgehead atoms. The molecule has 0 fully saturated rings. The summed E-state index contributed by atoms with van der Waals surface area (Å²) in [6.45, 7) is 4.50. The maximum absolute atomic E-state index is 2.40. The lowest BCUT2D eigenvalue weighted by Crippen LogP contribution is -1.93. The number of rotatable bonds is 3. The van der Waals surface area contributed by atoms with Gasteiger partial charge in [0.15, 0.2) is 0 Å². The molecule has 0 aliphatic rings. The monoisotopic (exact) mass is 534 g/mol. The summed E-state index contributed by atoms with van der Waals surface area (Å²) in [5, 5.41) is 10.3. The van der Waals surface area contributed by atoms with E-state index >= 15 is 0 Å². The molecule has 0 N–H and O–H groups in total. The van der Waals surface area contributed by atoms with E-state index in [0.29, 0.717) is 0 Å². The second-order valence-electron chi connectivity index (χ2n) is 11.4. The van der Waals surface area contributed by atoms with E-state index in [2.05, 4.69) is 159 Å². The minimum Gasteiger partial charge on any atom is -0.0616 e. The zero-order valence-electron chi connectivity index (χ0n) is 23.9. The predicted molar refractivity (Wildman–Crippen MR) is 182 cm³/mol. The molecule has 198 valence electrons. The normalized spacial score (nSPS) is 11.6. The summed E-state index contributed by atoms with van der Waals surface area (Å²) in [7, 11) is 0. The first kappa shape index (κ1) is 24.6. The summed E-state index contributed by atoms with van der Waals surface area (Å²) in [5.74, 6) is 0. The van der Waals surface area contributed by atoms with E-state index in [-0.39, 0.29) is 0 Å². The van der Waals surface area contributed by atoms with E-state index < -0.39 is 0 Å². The van der Waals surface area contributed by atoms with Crippen LogP contribution in [0.1, 0.15) is 11.1 Å². The summed E-state index contributed by atoms with van der Waals surface area (Å²) >= 11 is 0. The van der Waals surface area contributed by atoms with Gasteiger partial charge in [0.1, 0.15) is 0 Å². The maximum atomic E-state index is 2.40. The maximum Gasteiger partial charge on any atom is -0.00694 e. The van der Waals surface area contributed by atoms with Crippen molar-refractivity contribution in [3.05, 3.63) is 157 Å². The Hall–Kier alpha value is -5.20. The number of hydrogen-bond acceptors (Lipinski definition) is 0. The molecule has 8 aromatic rings.